The highest BCUT2D eigenvalue weighted by Crippen LogP contribution is 2.19. The van der Waals surface area contributed by atoms with Crippen LogP contribution in [0.15, 0.2) is 11.3 Å². The van der Waals surface area contributed by atoms with E-state index in [1.165, 1.54) is 0 Å². The van der Waals surface area contributed by atoms with Crippen molar-refractivity contribution in [3.05, 3.63) is 11.3 Å². The molecule has 4 heteroatoms. The molecule has 0 aromatic rings. The van der Waals surface area contributed by atoms with E-state index in [-0.39, 0.29) is 6.09 Å². The molecule has 1 unspecified atom stereocenters. The van der Waals surface area contributed by atoms with Crippen LogP contribution in [-0.4, -0.2) is 30.2 Å². The Labute approximate surface area is 118 Å². The molecule has 0 spiro atoms. The first-order valence-electron chi connectivity index (χ1n) is 6.95. The molecule has 19 heavy (non-hydrogen) atoms. The number of nitrogens with zero attached hydrogens (tertiary/aromatic N) is 1. The van der Waals surface area contributed by atoms with Gasteiger partial charge in [-0.2, -0.15) is 0 Å². The van der Waals surface area contributed by atoms with Crippen LogP contribution in [0.5, 0.6) is 0 Å². The molecule has 0 aliphatic carbocycles. The Balaban J connectivity index is 4.39. The van der Waals surface area contributed by atoms with Gasteiger partial charge in [0.15, 0.2) is 0 Å². The largest absolute Gasteiger partial charge is 0.444 e. The van der Waals surface area contributed by atoms with Crippen LogP contribution in [0.2, 0.25) is 0 Å². The Morgan fingerprint density at radius 1 is 1.32 bits per heavy atom. The fourth-order valence-corrected chi connectivity index (χ4v) is 1.77. The maximum atomic E-state index is 11.8. The summed E-state index contributed by atoms with van der Waals surface area (Å²) in [5, 5.41) is 0. The molecule has 4 nitrogen and oxygen atoms in total. The SMILES string of the molecule is CCC(CCN(C)C(=O)OC(C)(C)C)C(N)=C(C)C. The van der Waals surface area contributed by atoms with Crippen LogP contribution in [0.25, 0.3) is 0 Å². The van der Waals surface area contributed by atoms with E-state index in [1.807, 2.05) is 34.6 Å². The smallest absolute Gasteiger partial charge is 0.410 e. The van der Waals surface area contributed by atoms with E-state index in [4.69, 9.17) is 10.5 Å². The van der Waals surface area contributed by atoms with E-state index in [9.17, 15) is 4.79 Å². The van der Waals surface area contributed by atoms with Gasteiger partial charge in [-0.1, -0.05) is 12.5 Å². The van der Waals surface area contributed by atoms with Gasteiger partial charge >= 0.3 is 6.09 Å². The highest BCUT2D eigenvalue weighted by molar-refractivity contribution is 5.67. The average Bonchev–Trinajstić information content (AvgIpc) is 2.26. The highest BCUT2D eigenvalue weighted by Gasteiger charge is 2.20. The molecule has 2 N–H and O–H groups in total. The number of rotatable bonds is 5. The van der Waals surface area contributed by atoms with E-state index in [0.29, 0.717) is 12.5 Å². The Kier molecular flexibility index (Phi) is 6.95. The van der Waals surface area contributed by atoms with Crippen LogP contribution >= 0.6 is 0 Å². The molecular weight excluding hydrogens is 240 g/mol. The van der Waals surface area contributed by atoms with Gasteiger partial charge in [0, 0.05) is 19.3 Å². The minimum atomic E-state index is -0.450. The number of nitrogens with two attached hydrogens (primary N) is 1. The van der Waals surface area contributed by atoms with Gasteiger partial charge in [0.05, 0.1) is 0 Å². The summed E-state index contributed by atoms with van der Waals surface area (Å²) in [7, 11) is 1.76. The van der Waals surface area contributed by atoms with Crippen molar-refractivity contribution in [1.82, 2.24) is 4.90 Å². The molecule has 0 fully saturated rings. The van der Waals surface area contributed by atoms with Crippen LogP contribution in [0, 0.1) is 5.92 Å². The summed E-state index contributed by atoms with van der Waals surface area (Å²) in [5.41, 5.74) is 7.73. The summed E-state index contributed by atoms with van der Waals surface area (Å²) in [5.74, 6) is 0.329. The summed E-state index contributed by atoms with van der Waals surface area (Å²) in [6.45, 7) is 12.4. The molecule has 0 bridgehead atoms. The first-order valence-corrected chi connectivity index (χ1v) is 6.95. The van der Waals surface area contributed by atoms with E-state index < -0.39 is 5.60 Å². The van der Waals surface area contributed by atoms with Gasteiger partial charge in [-0.3, -0.25) is 0 Å². The van der Waals surface area contributed by atoms with Crippen LogP contribution in [0.1, 0.15) is 54.4 Å². The number of amides is 1. The van der Waals surface area contributed by atoms with Crippen molar-refractivity contribution < 1.29 is 9.53 Å². The first kappa shape index (κ1) is 17.8. The van der Waals surface area contributed by atoms with Crippen molar-refractivity contribution in [2.45, 2.75) is 60.0 Å². The highest BCUT2D eigenvalue weighted by atomic mass is 16.6. The van der Waals surface area contributed by atoms with Gasteiger partial charge in [0.1, 0.15) is 5.60 Å². The number of ether oxygens (including phenoxy) is 1. The minimum Gasteiger partial charge on any atom is -0.444 e. The summed E-state index contributed by atoms with van der Waals surface area (Å²) in [6.07, 6.45) is 1.57. The standard InChI is InChI=1S/C15H30N2O2/c1-8-12(13(16)11(2)3)9-10-17(7)14(18)19-15(4,5)6/h12H,8-10,16H2,1-7H3. The van der Waals surface area contributed by atoms with Crippen molar-refractivity contribution >= 4 is 6.09 Å². The second kappa shape index (κ2) is 7.41. The summed E-state index contributed by atoms with van der Waals surface area (Å²) in [6, 6.07) is 0. The molecule has 0 aromatic carbocycles. The van der Waals surface area contributed by atoms with E-state index in [1.54, 1.807) is 11.9 Å². The predicted octanol–water partition coefficient (Wildman–Crippen LogP) is 3.52. The molecule has 0 saturated carbocycles. The lowest BCUT2D eigenvalue weighted by atomic mass is 9.96. The third kappa shape index (κ3) is 7.09. The Morgan fingerprint density at radius 3 is 2.21 bits per heavy atom. The quantitative estimate of drug-likeness (QED) is 0.831. The van der Waals surface area contributed by atoms with Crippen LogP contribution < -0.4 is 5.73 Å². The second-order valence-corrected chi connectivity index (χ2v) is 6.25. The number of carbonyl (C=O) groups excluding carboxylic acids is 1. The molecule has 0 saturated heterocycles. The molecule has 0 aliphatic heterocycles. The van der Waals surface area contributed by atoms with Crippen LogP contribution in [0.4, 0.5) is 4.79 Å². The van der Waals surface area contributed by atoms with Crippen molar-refractivity contribution in [1.29, 1.82) is 0 Å². The molecule has 1 amide bonds. The normalized spacial score (nSPS) is 12.8. The first-order chi connectivity index (χ1) is 8.58. The number of allylic oxidation sites excluding steroid dienone is 2. The average molecular weight is 270 g/mol. The van der Waals surface area contributed by atoms with Gasteiger partial charge in [-0.25, -0.2) is 4.79 Å². The fourth-order valence-electron chi connectivity index (χ4n) is 1.77. The Bertz CT molecular complexity index is 326. The number of hydrogen-bond donors (Lipinski definition) is 1. The lowest BCUT2D eigenvalue weighted by molar-refractivity contribution is 0.0292. The molecule has 0 heterocycles. The van der Waals surface area contributed by atoms with Crippen molar-refractivity contribution in [3.8, 4) is 0 Å². The lowest BCUT2D eigenvalue weighted by Crippen LogP contribution is -2.35. The van der Waals surface area contributed by atoms with Gasteiger partial charge in [0.2, 0.25) is 0 Å². The summed E-state index contributed by atoms with van der Waals surface area (Å²) >= 11 is 0. The van der Waals surface area contributed by atoms with E-state index in [0.717, 1.165) is 24.1 Å². The lowest BCUT2D eigenvalue weighted by Gasteiger charge is -2.26. The Morgan fingerprint density at radius 2 is 1.84 bits per heavy atom. The van der Waals surface area contributed by atoms with E-state index in [2.05, 4.69) is 6.92 Å². The van der Waals surface area contributed by atoms with Crippen LogP contribution in [-0.2, 0) is 4.74 Å². The zero-order valence-corrected chi connectivity index (χ0v) is 13.5. The van der Waals surface area contributed by atoms with Gasteiger partial charge in [0.25, 0.3) is 0 Å². The topological polar surface area (TPSA) is 55.6 Å². The van der Waals surface area contributed by atoms with Gasteiger partial charge in [-0.15, -0.1) is 0 Å². The molecule has 0 rings (SSSR count). The predicted molar refractivity (Wildman–Crippen MR) is 79.8 cm³/mol. The van der Waals surface area contributed by atoms with Crippen LogP contribution in [0.3, 0.4) is 0 Å². The van der Waals surface area contributed by atoms with Gasteiger partial charge < -0.3 is 15.4 Å². The third-order valence-electron chi connectivity index (χ3n) is 3.03. The third-order valence-corrected chi connectivity index (χ3v) is 3.03. The Hall–Kier alpha value is -1.19. The minimum absolute atomic E-state index is 0.280. The monoisotopic (exact) mass is 270 g/mol. The summed E-state index contributed by atoms with van der Waals surface area (Å²) in [4.78, 5) is 13.4. The maximum Gasteiger partial charge on any atom is 0.410 e. The maximum absolute atomic E-state index is 11.8. The van der Waals surface area contributed by atoms with Crippen molar-refractivity contribution in [2.24, 2.45) is 11.7 Å². The second-order valence-electron chi connectivity index (χ2n) is 6.25. The zero-order chi connectivity index (χ0) is 15.2. The summed E-state index contributed by atoms with van der Waals surface area (Å²) < 4.78 is 5.32. The molecule has 0 radical (unpaired) electrons. The molecular formula is C15H30N2O2. The number of carbonyl (C=O) groups is 1. The molecule has 1 atom stereocenters. The zero-order valence-electron chi connectivity index (χ0n) is 13.5. The number of hydrogen-bond acceptors (Lipinski definition) is 3. The molecule has 112 valence electrons. The van der Waals surface area contributed by atoms with Crippen molar-refractivity contribution in [3.63, 3.8) is 0 Å². The fraction of sp³-hybridized carbons (Fsp3) is 0.800. The molecule has 0 aromatic heterocycles. The van der Waals surface area contributed by atoms with E-state index >= 15 is 0 Å². The molecule has 0 aliphatic rings. The van der Waals surface area contributed by atoms with Crippen molar-refractivity contribution in [2.75, 3.05) is 13.6 Å². The van der Waals surface area contributed by atoms with Gasteiger partial charge in [-0.05, 0) is 53.4 Å².